The van der Waals surface area contributed by atoms with Crippen LogP contribution in [0.5, 0.6) is 5.75 Å². The van der Waals surface area contributed by atoms with Crippen LogP contribution in [0.3, 0.4) is 0 Å². The van der Waals surface area contributed by atoms with Crippen molar-refractivity contribution in [1.82, 2.24) is 10.2 Å². The second-order valence-corrected chi connectivity index (χ2v) is 6.69. The molecule has 7 nitrogen and oxygen atoms in total. The Kier molecular flexibility index (Phi) is 5.72. The number of para-hydroxylation sites is 1. The summed E-state index contributed by atoms with van der Waals surface area (Å²) in [5, 5.41) is 22.8. The van der Waals surface area contributed by atoms with E-state index in [0.717, 1.165) is 38.2 Å². The second-order valence-electron chi connectivity index (χ2n) is 6.69. The van der Waals surface area contributed by atoms with Gasteiger partial charge >= 0.3 is 13.1 Å². The summed E-state index contributed by atoms with van der Waals surface area (Å²) in [6, 6.07) is 4.89. The number of hydrogen-bond donors (Lipinski definition) is 3. The monoisotopic (exact) mass is 346 g/mol. The third-order valence-electron chi connectivity index (χ3n) is 4.77. The van der Waals surface area contributed by atoms with Crippen LogP contribution in [-0.2, 0) is 11.2 Å². The normalized spacial score (nSPS) is 21.2. The first-order valence-electron chi connectivity index (χ1n) is 8.69. The van der Waals surface area contributed by atoms with Crippen molar-refractivity contribution >= 4 is 18.9 Å². The maximum atomic E-state index is 12.4. The molecule has 0 saturated carbocycles. The quantitative estimate of drug-likeness (QED) is 0.665. The Morgan fingerprint density at radius 2 is 2.16 bits per heavy atom. The van der Waals surface area contributed by atoms with Crippen LogP contribution in [-0.4, -0.2) is 66.6 Å². The van der Waals surface area contributed by atoms with E-state index in [4.69, 9.17) is 4.65 Å². The molecule has 25 heavy (non-hydrogen) atoms. The van der Waals surface area contributed by atoms with Gasteiger partial charge in [-0.3, -0.25) is 9.69 Å². The number of fused-ring (bicyclic) bond motifs is 1. The number of carbonyl (C=O) groups excluding carboxylic acids is 1. The van der Waals surface area contributed by atoms with Crippen LogP contribution in [0.1, 0.15) is 28.8 Å². The number of carboxylic acid groups (broad SMARTS) is 1. The molecule has 2 aliphatic heterocycles. The fourth-order valence-corrected chi connectivity index (χ4v) is 3.49. The highest BCUT2D eigenvalue weighted by Crippen LogP contribution is 2.36. The van der Waals surface area contributed by atoms with Crippen LogP contribution in [0.4, 0.5) is 0 Å². The van der Waals surface area contributed by atoms with E-state index in [-0.39, 0.29) is 29.3 Å². The van der Waals surface area contributed by atoms with E-state index in [1.807, 2.05) is 0 Å². The van der Waals surface area contributed by atoms with Crippen LogP contribution in [0.25, 0.3) is 0 Å². The molecule has 0 aliphatic carbocycles. The van der Waals surface area contributed by atoms with Gasteiger partial charge in [-0.15, -0.1) is 0 Å². The summed E-state index contributed by atoms with van der Waals surface area (Å²) in [6.45, 7) is 3.98. The number of benzene rings is 1. The first kappa shape index (κ1) is 17.9. The Bertz CT molecular complexity index is 646. The first-order valence-corrected chi connectivity index (χ1v) is 8.69. The van der Waals surface area contributed by atoms with Gasteiger partial charge in [0.25, 0.3) is 0 Å². The Balaban J connectivity index is 1.63. The predicted octanol–water partition coefficient (Wildman–Crippen LogP) is 0.425. The van der Waals surface area contributed by atoms with Gasteiger partial charge in [0.15, 0.2) is 0 Å². The van der Waals surface area contributed by atoms with Gasteiger partial charge in [-0.25, -0.2) is 4.79 Å². The smallest absolute Gasteiger partial charge is 0.526 e. The molecule has 0 bridgehead atoms. The van der Waals surface area contributed by atoms with Gasteiger partial charge in [0.1, 0.15) is 11.5 Å². The van der Waals surface area contributed by atoms with E-state index >= 15 is 0 Å². The third kappa shape index (κ3) is 4.39. The summed E-state index contributed by atoms with van der Waals surface area (Å²) in [5.41, 5.74) is 0.764. The molecule has 2 heterocycles. The maximum absolute atomic E-state index is 12.4. The minimum atomic E-state index is -1.16. The zero-order valence-corrected chi connectivity index (χ0v) is 14.1. The van der Waals surface area contributed by atoms with Crippen molar-refractivity contribution in [2.24, 2.45) is 0 Å². The summed E-state index contributed by atoms with van der Waals surface area (Å²) in [6.07, 6.45) is 1.68. The molecular weight excluding hydrogens is 323 g/mol. The van der Waals surface area contributed by atoms with Crippen molar-refractivity contribution in [3.05, 3.63) is 29.3 Å². The van der Waals surface area contributed by atoms with E-state index in [0.29, 0.717) is 13.0 Å². The Morgan fingerprint density at radius 1 is 1.32 bits per heavy atom. The van der Waals surface area contributed by atoms with E-state index in [1.165, 1.54) is 6.07 Å². The van der Waals surface area contributed by atoms with Crippen LogP contribution < -0.4 is 9.97 Å². The van der Waals surface area contributed by atoms with Gasteiger partial charge < -0.3 is 20.1 Å². The number of hydrogen-bond acceptors (Lipinski definition) is 6. The zero-order valence-electron chi connectivity index (χ0n) is 14.1. The number of ketones is 1. The number of nitrogens with one attached hydrogen (secondary N) is 1. The van der Waals surface area contributed by atoms with Crippen LogP contribution >= 0.6 is 0 Å². The highest BCUT2D eigenvalue weighted by molar-refractivity contribution is 6.47. The van der Waals surface area contributed by atoms with Crippen molar-refractivity contribution < 1.29 is 24.4 Å². The molecular formula is C17H23BN2O5. The molecule has 2 aliphatic rings. The molecule has 0 spiro atoms. The van der Waals surface area contributed by atoms with Crippen LogP contribution in [0.15, 0.2) is 18.2 Å². The zero-order chi connectivity index (χ0) is 17.8. The average Bonchev–Trinajstić information content (AvgIpc) is 2.83. The minimum absolute atomic E-state index is 0.0402. The fraction of sp³-hybridized carbons (Fsp3) is 0.529. The predicted molar refractivity (Wildman–Crippen MR) is 93.0 cm³/mol. The number of nitrogens with zero attached hydrogens (tertiary/aromatic N) is 1. The number of aromatic carboxylic acids is 1. The largest absolute Gasteiger partial charge is 0.535 e. The third-order valence-corrected chi connectivity index (χ3v) is 4.77. The topological polar surface area (TPSA) is 99.1 Å². The van der Waals surface area contributed by atoms with Crippen molar-refractivity contribution in [3.8, 4) is 5.75 Å². The Labute approximate surface area is 147 Å². The number of carbonyl (C=O) groups is 2. The molecule has 0 radical (unpaired) electrons. The van der Waals surface area contributed by atoms with Crippen molar-refractivity contribution in [2.75, 3.05) is 32.7 Å². The number of rotatable bonds is 5. The standard InChI is InChI=1S/C17H23BN2O5/c21-14(11-20-7-2-5-19-6-8-20)10-13-9-12-3-1-4-15(17(22)23)16(12)25-18(13)24/h1,3-4,13,19,24H,2,5-11H2,(H,22,23)/t13-/m1/s1. The summed E-state index contributed by atoms with van der Waals surface area (Å²) in [7, 11) is -1.16. The van der Waals surface area contributed by atoms with Gasteiger partial charge in [-0.2, -0.15) is 0 Å². The molecule has 1 saturated heterocycles. The molecule has 3 rings (SSSR count). The molecule has 0 aromatic heterocycles. The lowest BCUT2D eigenvalue weighted by Gasteiger charge is -2.28. The summed E-state index contributed by atoms with van der Waals surface area (Å²) >= 11 is 0. The summed E-state index contributed by atoms with van der Waals surface area (Å²) < 4.78 is 5.45. The SMILES string of the molecule is O=C(C[C@H]1Cc2cccc(C(=O)O)c2OB1O)CN1CCCNCC1. The molecule has 0 unspecified atom stereocenters. The molecule has 1 aromatic rings. The number of Topliss-reactive ketones (excluding diaryl/α,β-unsaturated/α-hetero) is 1. The molecule has 1 aromatic carbocycles. The molecule has 1 fully saturated rings. The summed E-state index contributed by atoms with van der Waals surface area (Å²) in [5.74, 6) is -1.15. The van der Waals surface area contributed by atoms with Gasteiger partial charge in [-0.05, 0) is 37.6 Å². The molecule has 3 N–H and O–H groups in total. The van der Waals surface area contributed by atoms with Gasteiger partial charge in [0.05, 0.1) is 12.1 Å². The first-order chi connectivity index (χ1) is 12.0. The fourth-order valence-electron chi connectivity index (χ4n) is 3.49. The molecule has 1 atom stereocenters. The number of carboxylic acids is 1. The molecule has 8 heteroatoms. The van der Waals surface area contributed by atoms with Gasteiger partial charge in [-0.1, -0.05) is 12.1 Å². The van der Waals surface area contributed by atoms with Gasteiger partial charge in [0.2, 0.25) is 0 Å². The van der Waals surface area contributed by atoms with E-state index in [2.05, 4.69) is 10.2 Å². The van der Waals surface area contributed by atoms with Crippen LogP contribution in [0.2, 0.25) is 5.82 Å². The lowest BCUT2D eigenvalue weighted by atomic mass is 9.64. The summed E-state index contributed by atoms with van der Waals surface area (Å²) in [4.78, 5) is 25.8. The molecule has 0 amide bonds. The van der Waals surface area contributed by atoms with Crippen molar-refractivity contribution in [1.29, 1.82) is 0 Å². The lowest BCUT2D eigenvalue weighted by Crippen LogP contribution is -2.38. The Morgan fingerprint density at radius 3 is 2.96 bits per heavy atom. The minimum Gasteiger partial charge on any atom is -0.535 e. The second kappa shape index (κ2) is 7.99. The van der Waals surface area contributed by atoms with Crippen molar-refractivity contribution in [3.63, 3.8) is 0 Å². The van der Waals surface area contributed by atoms with Crippen LogP contribution in [0, 0.1) is 0 Å². The lowest BCUT2D eigenvalue weighted by molar-refractivity contribution is -0.120. The maximum Gasteiger partial charge on any atom is 0.526 e. The van der Waals surface area contributed by atoms with Crippen molar-refractivity contribution in [2.45, 2.75) is 25.1 Å². The highest BCUT2D eigenvalue weighted by Gasteiger charge is 2.37. The van der Waals surface area contributed by atoms with E-state index in [9.17, 15) is 19.7 Å². The van der Waals surface area contributed by atoms with E-state index < -0.39 is 13.1 Å². The average molecular weight is 346 g/mol. The Hall–Kier alpha value is -1.90. The molecule has 134 valence electrons. The van der Waals surface area contributed by atoms with Gasteiger partial charge in [0, 0.05) is 25.3 Å². The van der Waals surface area contributed by atoms with E-state index in [1.54, 1.807) is 12.1 Å². The highest BCUT2D eigenvalue weighted by atomic mass is 16.5.